The molecule has 0 fully saturated rings. The molecule has 2 unspecified atom stereocenters. The van der Waals surface area contributed by atoms with Crippen LogP contribution >= 0.6 is 0 Å². The molecule has 0 aliphatic heterocycles. The van der Waals surface area contributed by atoms with E-state index < -0.39 is 35.6 Å². The number of hydrogen-bond donors (Lipinski definition) is 3. The second-order valence-electron chi connectivity index (χ2n) is 12.1. The Morgan fingerprint density at radius 3 is 2.14 bits per heavy atom. The van der Waals surface area contributed by atoms with Gasteiger partial charge >= 0.3 is 6.09 Å². The predicted octanol–water partition coefficient (Wildman–Crippen LogP) is 6.33. The summed E-state index contributed by atoms with van der Waals surface area (Å²) in [4.78, 5) is 54.5. The molecule has 4 N–H and O–H groups in total. The number of unbranched alkanes of at least 4 members (excludes halogenated alkanes) is 5. The minimum atomic E-state index is -1.12. The number of carbonyl (C=O) groups excluding carboxylic acids is 4. The maximum Gasteiger partial charge on any atom is 0.408 e. The number of rotatable bonds is 16. The molecule has 0 heterocycles. The third-order valence-electron chi connectivity index (χ3n) is 7.06. The predicted molar refractivity (Wildman–Crippen MR) is 170 cm³/mol. The Bertz CT molecular complexity index is 1210. The number of ether oxygens (including phenoxy) is 1. The molecule has 236 valence electrons. The lowest BCUT2D eigenvalue weighted by Gasteiger charge is -2.34. The van der Waals surface area contributed by atoms with Gasteiger partial charge in [0.1, 0.15) is 17.7 Å². The first-order valence-corrected chi connectivity index (χ1v) is 15.3. The van der Waals surface area contributed by atoms with Crippen molar-refractivity contribution in [3.63, 3.8) is 0 Å². The molecule has 4 amide bonds. The summed E-state index contributed by atoms with van der Waals surface area (Å²) >= 11 is 0. The van der Waals surface area contributed by atoms with Crippen LogP contribution in [0.5, 0.6) is 0 Å². The molecule has 9 nitrogen and oxygen atoms in total. The van der Waals surface area contributed by atoms with E-state index >= 15 is 0 Å². The highest BCUT2D eigenvalue weighted by atomic mass is 16.6. The van der Waals surface area contributed by atoms with Gasteiger partial charge in [-0.05, 0) is 64.7 Å². The van der Waals surface area contributed by atoms with E-state index in [2.05, 4.69) is 17.6 Å². The minimum Gasteiger partial charge on any atom is -0.444 e. The van der Waals surface area contributed by atoms with Gasteiger partial charge in [0.2, 0.25) is 11.8 Å². The standard InChI is InChI=1S/C34H50N4O5/c1-7-8-9-10-11-14-23-38(32(41)28(21-22-29(35)39)37-33(42)43-34(4,5)6)30(26-19-17-24(2)18-20-26)31(40)36-27-16-13-12-15-25(27)3/h12-13,15-20,28,30H,7-11,14,21-23H2,1-6H3,(H2,35,39)(H,36,40)(H,37,42). The molecule has 0 aliphatic rings. The van der Waals surface area contributed by atoms with Crippen LogP contribution in [0.4, 0.5) is 10.5 Å². The normalized spacial score (nSPS) is 12.6. The molecule has 0 saturated carbocycles. The number of nitrogens with zero attached hydrogens (tertiary/aromatic N) is 1. The molecule has 2 aromatic carbocycles. The van der Waals surface area contributed by atoms with Crippen LogP contribution in [0.3, 0.4) is 0 Å². The summed E-state index contributed by atoms with van der Waals surface area (Å²) in [5, 5.41) is 5.67. The molecule has 2 aromatic rings. The molecule has 9 heteroatoms. The molecule has 0 radical (unpaired) electrons. The number of aryl methyl sites for hydroxylation is 2. The second-order valence-corrected chi connectivity index (χ2v) is 12.1. The van der Waals surface area contributed by atoms with Gasteiger partial charge in [0.05, 0.1) is 0 Å². The zero-order valence-electron chi connectivity index (χ0n) is 26.7. The first-order chi connectivity index (χ1) is 20.3. The molecule has 43 heavy (non-hydrogen) atoms. The van der Waals surface area contributed by atoms with Gasteiger partial charge in [0.15, 0.2) is 0 Å². The molecule has 0 saturated heterocycles. The number of para-hydroxylation sites is 1. The first kappa shape index (κ1) is 35.3. The van der Waals surface area contributed by atoms with E-state index in [0.717, 1.165) is 43.2 Å². The fourth-order valence-corrected chi connectivity index (χ4v) is 4.76. The Morgan fingerprint density at radius 1 is 0.907 bits per heavy atom. The molecular weight excluding hydrogens is 544 g/mol. The van der Waals surface area contributed by atoms with E-state index in [1.54, 1.807) is 20.8 Å². The molecule has 0 bridgehead atoms. The summed E-state index contributed by atoms with van der Waals surface area (Å²) in [5.74, 6) is -1.45. The molecule has 0 aliphatic carbocycles. The van der Waals surface area contributed by atoms with Gasteiger partial charge in [-0.15, -0.1) is 0 Å². The van der Waals surface area contributed by atoms with Crippen molar-refractivity contribution in [1.82, 2.24) is 10.2 Å². The van der Waals surface area contributed by atoms with Crippen LogP contribution in [0, 0.1) is 13.8 Å². The van der Waals surface area contributed by atoms with E-state index in [4.69, 9.17) is 10.5 Å². The Morgan fingerprint density at radius 2 is 1.53 bits per heavy atom. The van der Waals surface area contributed by atoms with Crippen molar-refractivity contribution < 1.29 is 23.9 Å². The topological polar surface area (TPSA) is 131 Å². The first-order valence-electron chi connectivity index (χ1n) is 15.3. The van der Waals surface area contributed by atoms with Gasteiger partial charge in [-0.1, -0.05) is 87.1 Å². The number of carbonyl (C=O) groups is 4. The average molecular weight is 595 g/mol. The SMILES string of the molecule is CCCCCCCCN(C(=O)C(CCC(N)=O)NC(=O)OC(C)(C)C)C(C(=O)Nc1ccccc1C)c1ccc(C)cc1. The van der Waals surface area contributed by atoms with Crippen molar-refractivity contribution >= 4 is 29.5 Å². The van der Waals surface area contributed by atoms with Crippen molar-refractivity contribution in [2.45, 2.75) is 111 Å². The Labute approximate surface area is 256 Å². The summed E-state index contributed by atoms with van der Waals surface area (Å²) < 4.78 is 5.42. The van der Waals surface area contributed by atoms with Crippen LogP contribution in [0.2, 0.25) is 0 Å². The maximum absolute atomic E-state index is 14.4. The van der Waals surface area contributed by atoms with E-state index in [-0.39, 0.29) is 25.3 Å². The number of amides is 4. The van der Waals surface area contributed by atoms with Crippen LogP contribution in [-0.2, 0) is 19.1 Å². The Hall–Kier alpha value is -3.88. The highest BCUT2D eigenvalue weighted by Crippen LogP contribution is 2.27. The zero-order valence-corrected chi connectivity index (χ0v) is 26.7. The van der Waals surface area contributed by atoms with Gasteiger partial charge in [0, 0.05) is 18.7 Å². The van der Waals surface area contributed by atoms with Crippen molar-refractivity contribution in [1.29, 1.82) is 0 Å². The third-order valence-corrected chi connectivity index (χ3v) is 7.06. The lowest BCUT2D eigenvalue weighted by atomic mass is 9.99. The van der Waals surface area contributed by atoms with Crippen LogP contribution in [0.25, 0.3) is 0 Å². The van der Waals surface area contributed by atoms with E-state index in [1.165, 1.54) is 4.90 Å². The van der Waals surface area contributed by atoms with Gasteiger partial charge < -0.3 is 26.0 Å². The molecular formula is C34H50N4O5. The number of nitrogens with two attached hydrogens (primary N) is 1. The smallest absolute Gasteiger partial charge is 0.408 e. The van der Waals surface area contributed by atoms with Crippen LogP contribution in [-0.4, -0.2) is 46.9 Å². The van der Waals surface area contributed by atoms with Crippen LogP contribution in [0.1, 0.15) is 102 Å². The fraction of sp³-hybridized carbons (Fsp3) is 0.529. The quantitative estimate of drug-likeness (QED) is 0.196. The van der Waals surface area contributed by atoms with Gasteiger partial charge in [-0.25, -0.2) is 4.79 Å². The number of benzene rings is 2. The fourth-order valence-electron chi connectivity index (χ4n) is 4.76. The lowest BCUT2D eigenvalue weighted by Crippen LogP contribution is -2.52. The number of primary amides is 1. The second kappa shape index (κ2) is 17.3. The summed E-state index contributed by atoms with van der Waals surface area (Å²) in [7, 11) is 0. The highest BCUT2D eigenvalue weighted by Gasteiger charge is 2.36. The molecule has 2 atom stereocenters. The molecule has 2 rings (SSSR count). The van der Waals surface area contributed by atoms with Crippen LogP contribution in [0.15, 0.2) is 48.5 Å². The summed E-state index contributed by atoms with van der Waals surface area (Å²) in [6.07, 6.45) is 5.00. The lowest BCUT2D eigenvalue weighted by molar-refractivity contribution is -0.141. The zero-order chi connectivity index (χ0) is 32.0. The van der Waals surface area contributed by atoms with Gasteiger partial charge in [0.25, 0.3) is 5.91 Å². The van der Waals surface area contributed by atoms with Gasteiger partial charge in [-0.2, -0.15) is 0 Å². The largest absolute Gasteiger partial charge is 0.444 e. The van der Waals surface area contributed by atoms with Crippen LogP contribution < -0.4 is 16.4 Å². The summed E-state index contributed by atoms with van der Waals surface area (Å²) in [6.45, 7) is 11.5. The minimum absolute atomic E-state index is 0.0273. The van der Waals surface area contributed by atoms with Crippen molar-refractivity contribution in [3.05, 3.63) is 65.2 Å². The average Bonchev–Trinajstić information content (AvgIpc) is 2.93. The van der Waals surface area contributed by atoms with Gasteiger partial charge in [-0.3, -0.25) is 14.4 Å². The number of anilines is 1. The number of nitrogens with one attached hydrogen (secondary N) is 2. The van der Waals surface area contributed by atoms with E-state index in [9.17, 15) is 19.2 Å². The van der Waals surface area contributed by atoms with Crippen molar-refractivity contribution in [2.75, 3.05) is 11.9 Å². The Balaban J connectivity index is 2.52. The highest BCUT2D eigenvalue weighted by molar-refractivity contribution is 5.99. The molecule has 0 spiro atoms. The monoisotopic (exact) mass is 594 g/mol. The Kier molecular flexibility index (Phi) is 14.2. The maximum atomic E-state index is 14.4. The van der Waals surface area contributed by atoms with Crippen molar-refractivity contribution in [2.24, 2.45) is 5.73 Å². The molecule has 0 aromatic heterocycles. The summed E-state index contributed by atoms with van der Waals surface area (Å²) in [6, 6.07) is 12.8. The third kappa shape index (κ3) is 12.5. The van der Waals surface area contributed by atoms with Crippen molar-refractivity contribution in [3.8, 4) is 0 Å². The van der Waals surface area contributed by atoms with E-state index in [0.29, 0.717) is 17.7 Å². The summed E-state index contributed by atoms with van der Waals surface area (Å²) in [5.41, 5.74) is 7.83. The van der Waals surface area contributed by atoms with E-state index in [1.807, 2.05) is 62.4 Å². The number of hydrogen-bond acceptors (Lipinski definition) is 5. The number of alkyl carbamates (subject to hydrolysis) is 1.